The van der Waals surface area contributed by atoms with Gasteiger partial charge in [0.25, 0.3) is 5.91 Å². The SMILES string of the molecule is COc1ccc(F)c2c1cc(C)n2CCNc1cc(-c2ccc(C(=O)NCCN(C)C)cc2)ncn1. The second-order valence-electron chi connectivity index (χ2n) is 8.80. The van der Waals surface area contributed by atoms with E-state index in [1.165, 1.54) is 12.4 Å². The summed E-state index contributed by atoms with van der Waals surface area (Å²) in [5, 5.41) is 6.97. The normalized spacial score (nSPS) is 11.2. The maximum absolute atomic E-state index is 14.6. The highest BCUT2D eigenvalue weighted by molar-refractivity contribution is 5.94. The van der Waals surface area contributed by atoms with Gasteiger partial charge < -0.3 is 24.8 Å². The number of aryl methyl sites for hydroxylation is 1. The molecule has 0 radical (unpaired) electrons. The molecule has 36 heavy (non-hydrogen) atoms. The fraction of sp³-hybridized carbons (Fsp3) is 0.296. The number of hydrogen-bond donors (Lipinski definition) is 2. The first kappa shape index (κ1) is 25.1. The molecule has 0 saturated carbocycles. The smallest absolute Gasteiger partial charge is 0.251 e. The lowest BCUT2D eigenvalue weighted by molar-refractivity contribution is 0.0951. The summed E-state index contributed by atoms with van der Waals surface area (Å²) in [6.07, 6.45) is 1.50. The average Bonchev–Trinajstić information content (AvgIpc) is 3.21. The number of aromatic nitrogens is 3. The highest BCUT2D eigenvalue weighted by Crippen LogP contribution is 2.30. The summed E-state index contributed by atoms with van der Waals surface area (Å²) in [5.74, 6) is 0.935. The number of nitrogens with one attached hydrogen (secondary N) is 2. The fourth-order valence-corrected chi connectivity index (χ4v) is 4.10. The molecule has 0 saturated heterocycles. The van der Waals surface area contributed by atoms with Crippen LogP contribution in [0.4, 0.5) is 10.2 Å². The predicted molar refractivity (Wildman–Crippen MR) is 140 cm³/mol. The van der Waals surface area contributed by atoms with Crippen LogP contribution in [0.5, 0.6) is 5.75 Å². The molecule has 0 aliphatic heterocycles. The number of fused-ring (bicyclic) bond motifs is 1. The fourth-order valence-electron chi connectivity index (χ4n) is 4.10. The Morgan fingerprint density at radius 3 is 2.58 bits per heavy atom. The zero-order valence-corrected chi connectivity index (χ0v) is 21.0. The molecule has 4 rings (SSSR count). The van der Waals surface area contributed by atoms with Crippen LogP contribution >= 0.6 is 0 Å². The molecule has 2 N–H and O–H groups in total. The number of halogens is 1. The third-order valence-electron chi connectivity index (χ3n) is 5.99. The largest absolute Gasteiger partial charge is 0.496 e. The van der Waals surface area contributed by atoms with E-state index < -0.39 is 0 Å². The molecule has 0 fully saturated rings. The van der Waals surface area contributed by atoms with E-state index in [0.717, 1.165) is 28.9 Å². The Hall–Kier alpha value is -3.98. The highest BCUT2D eigenvalue weighted by atomic mass is 19.1. The lowest BCUT2D eigenvalue weighted by Crippen LogP contribution is -2.31. The molecular weight excluding hydrogens is 459 g/mol. The Morgan fingerprint density at radius 2 is 1.86 bits per heavy atom. The van der Waals surface area contributed by atoms with Gasteiger partial charge in [0.15, 0.2) is 0 Å². The molecule has 0 aliphatic carbocycles. The zero-order valence-electron chi connectivity index (χ0n) is 21.0. The number of ether oxygens (including phenoxy) is 1. The van der Waals surface area contributed by atoms with Crippen molar-refractivity contribution in [3.63, 3.8) is 0 Å². The molecule has 2 aromatic heterocycles. The predicted octanol–water partition coefficient (Wildman–Crippen LogP) is 3.96. The van der Waals surface area contributed by atoms with Gasteiger partial charge in [-0.1, -0.05) is 12.1 Å². The van der Waals surface area contributed by atoms with Crippen molar-refractivity contribution in [2.24, 2.45) is 0 Å². The van der Waals surface area contributed by atoms with Gasteiger partial charge in [-0.05, 0) is 51.4 Å². The van der Waals surface area contributed by atoms with Crippen molar-refractivity contribution in [3.05, 3.63) is 71.9 Å². The van der Waals surface area contributed by atoms with Crippen LogP contribution in [0.1, 0.15) is 16.1 Å². The molecule has 0 spiro atoms. The topological polar surface area (TPSA) is 84.3 Å². The number of nitrogens with zero attached hydrogens (tertiary/aromatic N) is 4. The molecule has 0 atom stereocenters. The molecule has 0 unspecified atom stereocenters. The van der Waals surface area contributed by atoms with E-state index in [9.17, 15) is 9.18 Å². The maximum Gasteiger partial charge on any atom is 0.251 e. The third kappa shape index (κ3) is 5.63. The minimum atomic E-state index is -0.280. The van der Waals surface area contributed by atoms with Crippen molar-refractivity contribution < 1.29 is 13.9 Å². The van der Waals surface area contributed by atoms with E-state index in [1.807, 2.05) is 54.8 Å². The molecule has 2 aromatic carbocycles. The summed E-state index contributed by atoms with van der Waals surface area (Å²) < 4.78 is 21.9. The summed E-state index contributed by atoms with van der Waals surface area (Å²) >= 11 is 0. The summed E-state index contributed by atoms with van der Waals surface area (Å²) in [6.45, 7) is 4.42. The van der Waals surface area contributed by atoms with Crippen molar-refractivity contribution in [1.29, 1.82) is 0 Å². The summed E-state index contributed by atoms with van der Waals surface area (Å²) in [4.78, 5) is 23.0. The van der Waals surface area contributed by atoms with E-state index in [4.69, 9.17) is 4.74 Å². The van der Waals surface area contributed by atoms with E-state index in [1.54, 1.807) is 25.3 Å². The Kier molecular flexibility index (Phi) is 7.80. The van der Waals surface area contributed by atoms with Crippen LogP contribution in [0, 0.1) is 12.7 Å². The zero-order chi connectivity index (χ0) is 25.7. The number of carbonyl (C=O) groups excluding carboxylic acids is 1. The van der Waals surface area contributed by atoms with E-state index in [2.05, 4.69) is 20.6 Å². The number of benzene rings is 2. The number of anilines is 1. The number of amides is 1. The molecule has 188 valence electrons. The first-order valence-electron chi connectivity index (χ1n) is 11.8. The standard InChI is InChI=1S/C27H31FN6O2/c1-18-15-21-24(36-4)10-9-22(28)26(21)34(18)14-12-29-25-16-23(31-17-32-25)19-5-7-20(8-6-19)27(35)30-11-13-33(2)3/h5-10,15-17H,11-14H2,1-4H3,(H,30,35)(H,29,31,32). The van der Waals surface area contributed by atoms with Gasteiger partial charge in [0.1, 0.15) is 23.7 Å². The Labute approximate surface area is 210 Å². The minimum Gasteiger partial charge on any atom is -0.496 e. The maximum atomic E-state index is 14.6. The summed E-state index contributed by atoms with van der Waals surface area (Å²) in [6, 6.07) is 14.2. The van der Waals surface area contributed by atoms with Crippen molar-refractivity contribution >= 4 is 22.6 Å². The number of hydrogen-bond acceptors (Lipinski definition) is 6. The first-order chi connectivity index (χ1) is 17.4. The average molecular weight is 491 g/mol. The Balaban J connectivity index is 1.41. The van der Waals surface area contributed by atoms with Crippen molar-refractivity contribution in [3.8, 4) is 17.0 Å². The van der Waals surface area contributed by atoms with Gasteiger partial charge in [0, 0.05) is 54.5 Å². The number of likely N-dealkylation sites (N-methyl/N-ethyl adjacent to an activating group) is 1. The summed E-state index contributed by atoms with van der Waals surface area (Å²) in [7, 11) is 5.52. The van der Waals surface area contributed by atoms with Crippen molar-refractivity contribution in [2.45, 2.75) is 13.5 Å². The molecule has 1 amide bonds. The van der Waals surface area contributed by atoms with Gasteiger partial charge >= 0.3 is 0 Å². The van der Waals surface area contributed by atoms with E-state index in [-0.39, 0.29) is 11.7 Å². The van der Waals surface area contributed by atoms with Crippen LogP contribution < -0.4 is 15.4 Å². The number of methoxy groups -OCH3 is 1. The second kappa shape index (κ2) is 11.2. The van der Waals surface area contributed by atoms with E-state index >= 15 is 0 Å². The monoisotopic (exact) mass is 490 g/mol. The van der Waals surface area contributed by atoms with Gasteiger partial charge in [-0.25, -0.2) is 14.4 Å². The molecule has 4 aromatic rings. The van der Waals surface area contributed by atoms with Crippen LogP contribution in [0.3, 0.4) is 0 Å². The van der Waals surface area contributed by atoms with Crippen molar-refractivity contribution in [1.82, 2.24) is 24.8 Å². The van der Waals surface area contributed by atoms with Crippen LogP contribution in [0.2, 0.25) is 0 Å². The summed E-state index contributed by atoms with van der Waals surface area (Å²) in [5.41, 5.74) is 3.70. The lowest BCUT2D eigenvalue weighted by atomic mass is 10.1. The lowest BCUT2D eigenvalue weighted by Gasteiger charge is -2.12. The van der Waals surface area contributed by atoms with Gasteiger partial charge in [0.2, 0.25) is 0 Å². The van der Waals surface area contributed by atoms with Gasteiger partial charge in [-0.3, -0.25) is 4.79 Å². The molecule has 8 nitrogen and oxygen atoms in total. The van der Waals surface area contributed by atoms with Crippen LogP contribution in [-0.4, -0.2) is 66.2 Å². The molecule has 9 heteroatoms. The Morgan fingerprint density at radius 1 is 1.08 bits per heavy atom. The Bertz CT molecular complexity index is 1350. The molecular formula is C27H31FN6O2. The third-order valence-corrected chi connectivity index (χ3v) is 5.99. The highest BCUT2D eigenvalue weighted by Gasteiger charge is 2.14. The van der Waals surface area contributed by atoms with Crippen LogP contribution in [0.25, 0.3) is 22.2 Å². The quantitative estimate of drug-likeness (QED) is 0.350. The molecule has 0 bridgehead atoms. The number of rotatable bonds is 10. The first-order valence-corrected chi connectivity index (χ1v) is 11.8. The van der Waals surface area contributed by atoms with Gasteiger partial charge in [-0.2, -0.15) is 0 Å². The van der Waals surface area contributed by atoms with E-state index in [0.29, 0.717) is 42.3 Å². The second-order valence-corrected chi connectivity index (χ2v) is 8.80. The molecule has 2 heterocycles. The van der Waals surface area contributed by atoms with Crippen LogP contribution in [0.15, 0.2) is 54.9 Å². The number of carbonyl (C=O) groups is 1. The molecule has 0 aliphatic rings. The van der Waals surface area contributed by atoms with Crippen LogP contribution in [-0.2, 0) is 6.54 Å². The van der Waals surface area contributed by atoms with Gasteiger partial charge in [0.05, 0.1) is 18.3 Å². The minimum absolute atomic E-state index is 0.102. The van der Waals surface area contributed by atoms with Gasteiger partial charge in [-0.15, -0.1) is 0 Å². The van der Waals surface area contributed by atoms with Crippen molar-refractivity contribution in [2.75, 3.05) is 46.2 Å².